The van der Waals surface area contributed by atoms with E-state index in [2.05, 4.69) is 10.5 Å². The molecule has 1 aromatic rings. The molecule has 2 fully saturated rings. The van der Waals surface area contributed by atoms with Crippen molar-refractivity contribution in [2.24, 2.45) is 11.7 Å². The smallest absolute Gasteiger partial charge is 0.328 e. The van der Waals surface area contributed by atoms with Crippen molar-refractivity contribution in [2.45, 2.75) is 50.6 Å². The van der Waals surface area contributed by atoms with Crippen molar-refractivity contribution in [1.82, 2.24) is 15.4 Å². The van der Waals surface area contributed by atoms with Crippen LogP contribution in [-0.2, 0) is 14.3 Å². The molecule has 9 heteroatoms. The first-order valence-corrected chi connectivity index (χ1v) is 9.30. The number of aromatic nitrogens is 1. The lowest BCUT2D eigenvalue weighted by atomic mass is 9.89. The minimum atomic E-state index is -0.795. The van der Waals surface area contributed by atoms with Crippen molar-refractivity contribution in [3.63, 3.8) is 0 Å². The molecule has 0 aromatic carbocycles. The van der Waals surface area contributed by atoms with E-state index in [4.69, 9.17) is 15.0 Å². The zero-order valence-corrected chi connectivity index (χ0v) is 15.6. The lowest BCUT2D eigenvalue weighted by Gasteiger charge is -2.35. The highest BCUT2D eigenvalue weighted by Crippen LogP contribution is 2.40. The van der Waals surface area contributed by atoms with Gasteiger partial charge in [-0.2, -0.15) is 0 Å². The zero-order chi connectivity index (χ0) is 19.6. The molecule has 27 heavy (non-hydrogen) atoms. The van der Waals surface area contributed by atoms with Crippen molar-refractivity contribution >= 4 is 17.8 Å². The fraction of sp³-hybridized carbons (Fsp3) is 0.667. The van der Waals surface area contributed by atoms with E-state index < -0.39 is 24.0 Å². The van der Waals surface area contributed by atoms with Gasteiger partial charge >= 0.3 is 5.97 Å². The predicted octanol–water partition coefficient (Wildman–Crippen LogP) is 0.409. The number of ether oxygens (including phenoxy) is 1. The minimum absolute atomic E-state index is 0.109. The van der Waals surface area contributed by atoms with E-state index >= 15 is 0 Å². The number of carbonyl (C=O) groups is 3. The Hall–Kier alpha value is -2.42. The number of nitrogens with zero attached hydrogens (tertiary/aromatic N) is 2. The average molecular weight is 378 g/mol. The number of likely N-dealkylation sites (tertiary alicyclic amines) is 1. The number of hydrogen-bond acceptors (Lipinski definition) is 7. The number of carbonyl (C=O) groups excluding carboxylic acids is 3. The van der Waals surface area contributed by atoms with Crippen molar-refractivity contribution in [3.05, 3.63) is 17.5 Å². The molecule has 2 aliphatic rings. The molecule has 3 N–H and O–H groups in total. The topological polar surface area (TPSA) is 128 Å². The SMILES string of the molecule is COC(=O)C(NC(=O)c1cc(C2CC2)on1)C1CCN(C(=O)[C@@H](C)N)CC1. The van der Waals surface area contributed by atoms with Crippen LogP contribution in [0.1, 0.15) is 54.8 Å². The minimum Gasteiger partial charge on any atom is -0.467 e. The third kappa shape index (κ3) is 4.47. The number of methoxy groups -OCH3 is 1. The summed E-state index contributed by atoms with van der Waals surface area (Å²) in [6.45, 7) is 2.63. The molecule has 2 amide bonds. The number of hydrogen-bond donors (Lipinski definition) is 2. The monoisotopic (exact) mass is 378 g/mol. The van der Waals surface area contributed by atoms with Crippen LogP contribution < -0.4 is 11.1 Å². The first-order chi connectivity index (χ1) is 12.9. The molecule has 9 nitrogen and oxygen atoms in total. The Morgan fingerprint density at radius 1 is 1.30 bits per heavy atom. The second-order valence-corrected chi connectivity index (χ2v) is 7.31. The molecule has 1 aliphatic heterocycles. The Kier molecular flexibility index (Phi) is 5.79. The van der Waals surface area contributed by atoms with Gasteiger partial charge in [-0.25, -0.2) is 4.79 Å². The molecular formula is C18H26N4O5. The van der Waals surface area contributed by atoms with Crippen LogP contribution in [-0.4, -0.2) is 60.1 Å². The maximum Gasteiger partial charge on any atom is 0.328 e. The summed E-state index contributed by atoms with van der Waals surface area (Å²) in [5.74, 6) is -0.156. The number of nitrogens with one attached hydrogen (secondary N) is 1. The van der Waals surface area contributed by atoms with Crippen LogP contribution in [0.5, 0.6) is 0 Å². The normalized spacial score (nSPS) is 20.0. The Bertz CT molecular complexity index is 704. The summed E-state index contributed by atoms with van der Waals surface area (Å²) >= 11 is 0. The van der Waals surface area contributed by atoms with Crippen molar-refractivity contribution in [3.8, 4) is 0 Å². The molecule has 148 valence electrons. The van der Waals surface area contributed by atoms with Crippen molar-refractivity contribution < 1.29 is 23.6 Å². The lowest BCUT2D eigenvalue weighted by Crippen LogP contribution is -2.52. The Balaban J connectivity index is 1.62. The fourth-order valence-electron chi connectivity index (χ4n) is 3.41. The van der Waals surface area contributed by atoms with Gasteiger partial charge in [0.2, 0.25) is 5.91 Å². The summed E-state index contributed by atoms with van der Waals surface area (Å²) in [6.07, 6.45) is 3.23. The number of nitrogens with two attached hydrogens (primary N) is 1. The standard InChI is InChI=1S/C18H26N4O5/c1-10(19)17(24)22-7-5-12(6-8-22)15(18(25)26-2)20-16(23)13-9-14(27-21-13)11-3-4-11/h9-12,15H,3-8,19H2,1-2H3,(H,20,23)/t10-,15?/m1/s1. The summed E-state index contributed by atoms with van der Waals surface area (Å²) in [4.78, 5) is 38.5. The molecule has 0 radical (unpaired) electrons. The molecule has 0 spiro atoms. The average Bonchev–Trinajstić information content (AvgIpc) is 3.41. The van der Waals surface area contributed by atoms with Gasteiger partial charge in [0.25, 0.3) is 5.91 Å². The number of piperidine rings is 1. The highest BCUT2D eigenvalue weighted by atomic mass is 16.5. The highest BCUT2D eigenvalue weighted by molar-refractivity contribution is 5.95. The Morgan fingerprint density at radius 3 is 2.52 bits per heavy atom. The van der Waals surface area contributed by atoms with Crippen LogP contribution in [0.2, 0.25) is 0 Å². The summed E-state index contributed by atoms with van der Waals surface area (Å²) in [6, 6.07) is 0.284. The van der Waals surface area contributed by atoms with E-state index in [-0.39, 0.29) is 17.5 Å². The third-order valence-electron chi connectivity index (χ3n) is 5.19. The Labute approximate surface area is 157 Å². The predicted molar refractivity (Wildman–Crippen MR) is 94.7 cm³/mol. The molecule has 1 saturated carbocycles. The van der Waals surface area contributed by atoms with Crippen LogP contribution in [0, 0.1) is 5.92 Å². The van der Waals surface area contributed by atoms with E-state index in [0.29, 0.717) is 37.6 Å². The number of rotatable bonds is 6. The van der Waals surface area contributed by atoms with Gasteiger partial charge in [-0.1, -0.05) is 5.16 Å². The summed E-state index contributed by atoms with van der Waals surface area (Å²) in [5.41, 5.74) is 5.81. The van der Waals surface area contributed by atoms with Gasteiger partial charge in [-0.15, -0.1) is 0 Å². The second-order valence-electron chi connectivity index (χ2n) is 7.31. The first kappa shape index (κ1) is 19.3. The second kappa shape index (κ2) is 8.08. The molecule has 2 heterocycles. The van der Waals surface area contributed by atoms with Gasteiger partial charge in [0.15, 0.2) is 5.69 Å². The highest BCUT2D eigenvalue weighted by Gasteiger charge is 2.36. The van der Waals surface area contributed by atoms with Gasteiger partial charge in [0.1, 0.15) is 11.8 Å². The molecule has 1 unspecified atom stereocenters. The molecular weight excluding hydrogens is 352 g/mol. The van der Waals surface area contributed by atoms with Gasteiger partial charge in [0.05, 0.1) is 13.2 Å². The van der Waals surface area contributed by atoms with Crippen LogP contribution >= 0.6 is 0 Å². The van der Waals surface area contributed by atoms with Crippen LogP contribution in [0.3, 0.4) is 0 Å². The van der Waals surface area contributed by atoms with E-state index in [9.17, 15) is 14.4 Å². The fourth-order valence-corrected chi connectivity index (χ4v) is 3.41. The van der Waals surface area contributed by atoms with Gasteiger partial charge < -0.3 is 25.2 Å². The molecule has 1 aromatic heterocycles. The van der Waals surface area contributed by atoms with E-state index in [1.54, 1.807) is 17.9 Å². The lowest BCUT2D eigenvalue weighted by molar-refractivity contribution is -0.145. The van der Waals surface area contributed by atoms with Gasteiger partial charge in [-0.3, -0.25) is 9.59 Å². The number of amides is 2. The molecule has 3 rings (SSSR count). The van der Waals surface area contributed by atoms with Crippen LogP contribution in [0.15, 0.2) is 10.6 Å². The van der Waals surface area contributed by atoms with E-state index in [0.717, 1.165) is 12.8 Å². The third-order valence-corrected chi connectivity index (χ3v) is 5.19. The van der Waals surface area contributed by atoms with Gasteiger partial charge in [-0.05, 0) is 38.5 Å². The Morgan fingerprint density at radius 2 is 1.96 bits per heavy atom. The quantitative estimate of drug-likeness (QED) is 0.686. The first-order valence-electron chi connectivity index (χ1n) is 9.30. The summed E-state index contributed by atoms with van der Waals surface area (Å²) in [7, 11) is 1.29. The largest absolute Gasteiger partial charge is 0.467 e. The van der Waals surface area contributed by atoms with E-state index in [1.807, 2.05) is 0 Å². The van der Waals surface area contributed by atoms with Crippen LogP contribution in [0.4, 0.5) is 0 Å². The summed E-state index contributed by atoms with van der Waals surface area (Å²) < 4.78 is 10.1. The molecule has 1 saturated heterocycles. The van der Waals surface area contributed by atoms with E-state index in [1.165, 1.54) is 7.11 Å². The maximum absolute atomic E-state index is 12.5. The molecule has 0 bridgehead atoms. The summed E-state index contributed by atoms with van der Waals surface area (Å²) in [5, 5.41) is 6.54. The molecule has 1 aliphatic carbocycles. The molecule has 2 atom stereocenters. The van der Waals surface area contributed by atoms with Crippen LogP contribution in [0.25, 0.3) is 0 Å². The number of esters is 1. The van der Waals surface area contributed by atoms with Gasteiger partial charge in [0, 0.05) is 25.1 Å². The maximum atomic E-state index is 12.5. The van der Waals surface area contributed by atoms with Crippen molar-refractivity contribution in [1.29, 1.82) is 0 Å². The zero-order valence-electron chi connectivity index (χ0n) is 15.6. The van der Waals surface area contributed by atoms with Crippen molar-refractivity contribution in [2.75, 3.05) is 20.2 Å².